The Morgan fingerprint density at radius 3 is 2.59 bits per heavy atom. The quantitative estimate of drug-likeness (QED) is 0.489. The summed E-state index contributed by atoms with van der Waals surface area (Å²) in [6.45, 7) is 2.35. The van der Waals surface area contributed by atoms with E-state index in [1.807, 2.05) is 18.3 Å². The molecule has 0 spiro atoms. The highest BCUT2D eigenvalue weighted by Crippen LogP contribution is 2.33. The second kappa shape index (κ2) is 6.76. The van der Waals surface area contributed by atoms with Crippen molar-refractivity contribution in [3.8, 4) is 16.9 Å². The van der Waals surface area contributed by atoms with Crippen molar-refractivity contribution in [1.29, 1.82) is 0 Å². The molecule has 0 amide bonds. The maximum Gasteiger partial charge on any atom is 0.124 e. The summed E-state index contributed by atoms with van der Waals surface area (Å²) < 4.78 is 6.05. The van der Waals surface area contributed by atoms with Gasteiger partial charge in [0, 0.05) is 29.4 Å². The van der Waals surface area contributed by atoms with Crippen LogP contribution in [0.1, 0.15) is 5.56 Å². The molecule has 0 atom stereocenters. The number of rotatable bonds is 2. The monoisotopic (exact) mass is 352 g/mol. The SMILES string of the molecule is c1ccc(-c2ccc3c(c2)CN(c2ccnc4ccccc24)CCO3)cc1. The molecule has 0 aliphatic carbocycles. The molecule has 2 heterocycles. The van der Waals surface area contributed by atoms with Gasteiger partial charge < -0.3 is 9.64 Å². The van der Waals surface area contributed by atoms with E-state index < -0.39 is 0 Å². The zero-order valence-corrected chi connectivity index (χ0v) is 15.0. The van der Waals surface area contributed by atoms with E-state index in [1.54, 1.807) is 0 Å². The maximum absolute atomic E-state index is 6.05. The molecule has 0 radical (unpaired) electrons. The van der Waals surface area contributed by atoms with E-state index in [1.165, 1.54) is 27.8 Å². The molecule has 0 fully saturated rings. The topological polar surface area (TPSA) is 25.4 Å². The Hall–Kier alpha value is -3.33. The van der Waals surface area contributed by atoms with Crippen molar-refractivity contribution in [2.75, 3.05) is 18.1 Å². The van der Waals surface area contributed by atoms with Gasteiger partial charge >= 0.3 is 0 Å². The molecule has 3 aromatic carbocycles. The van der Waals surface area contributed by atoms with Gasteiger partial charge in [0.1, 0.15) is 12.4 Å². The fraction of sp³-hybridized carbons (Fsp3) is 0.125. The highest BCUT2D eigenvalue weighted by molar-refractivity contribution is 5.91. The summed E-state index contributed by atoms with van der Waals surface area (Å²) in [4.78, 5) is 6.89. The first-order valence-electron chi connectivity index (χ1n) is 9.28. The lowest BCUT2D eigenvalue weighted by atomic mass is 10.0. The van der Waals surface area contributed by atoms with Crippen LogP contribution in [0.15, 0.2) is 85.1 Å². The van der Waals surface area contributed by atoms with E-state index >= 15 is 0 Å². The van der Waals surface area contributed by atoms with Crippen molar-refractivity contribution in [1.82, 2.24) is 4.98 Å². The molecule has 1 aliphatic heterocycles. The number of para-hydroxylation sites is 1. The third kappa shape index (κ3) is 3.02. The predicted octanol–water partition coefficient (Wildman–Crippen LogP) is 5.30. The van der Waals surface area contributed by atoms with E-state index in [-0.39, 0.29) is 0 Å². The first kappa shape index (κ1) is 15.9. The average Bonchev–Trinajstić information content (AvgIpc) is 2.95. The molecule has 0 saturated carbocycles. The fourth-order valence-corrected chi connectivity index (χ4v) is 3.77. The van der Waals surface area contributed by atoms with Crippen LogP contribution in [0.5, 0.6) is 5.75 Å². The molecule has 0 N–H and O–H groups in total. The van der Waals surface area contributed by atoms with Crippen molar-refractivity contribution in [2.24, 2.45) is 0 Å². The second-order valence-corrected chi connectivity index (χ2v) is 6.81. The molecule has 27 heavy (non-hydrogen) atoms. The van der Waals surface area contributed by atoms with Crippen molar-refractivity contribution >= 4 is 16.6 Å². The van der Waals surface area contributed by atoms with Gasteiger partial charge in [-0.3, -0.25) is 4.98 Å². The smallest absolute Gasteiger partial charge is 0.124 e. The second-order valence-electron chi connectivity index (χ2n) is 6.81. The number of fused-ring (bicyclic) bond motifs is 2. The van der Waals surface area contributed by atoms with Gasteiger partial charge in [0.15, 0.2) is 0 Å². The van der Waals surface area contributed by atoms with Gasteiger partial charge in [0.05, 0.1) is 12.1 Å². The number of benzene rings is 3. The number of anilines is 1. The number of pyridine rings is 1. The van der Waals surface area contributed by atoms with E-state index in [0.717, 1.165) is 24.4 Å². The van der Waals surface area contributed by atoms with Gasteiger partial charge in [-0.05, 0) is 35.4 Å². The third-order valence-electron chi connectivity index (χ3n) is 5.11. The highest BCUT2D eigenvalue weighted by Gasteiger charge is 2.18. The number of aromatic nitrogens is 1. The van der Waals surface area contributed by atoms with Crippen molar-refractivity contribution in [3.63, 3.8) is 0 Å². The van der Waals surface area contributed by atoms with Crippen molar-refractivity contribution in [3.05, 3.63) is 90.6 Å². The Kier molecular flexibility index (Phi) is 3.98. The zero-order valence-electron chi connectivity index (χ0n) is 15.0. The average molecular weight is 352 g/mol. The van der Waals surface area contributed by atoms with Crippen molar-refractivity contribution in [2.45, 2.75) is 6.54 Å². The number of hydrogen-bond acceptors (Lipinski definition) is 3. The molecule has 132 valence electrons. The molecule has 0 bridgehead atoms. The summed E-state index contributed by atoms with van der Waals surface area (Å²) >= 11 is 0. The summed E-state index contributed by atoms with van der Waals surface area (Å²) in [5.74, 6) is 0.982. The fourth-order valence-electron chi connectivity index (χ4n) is 3.77. The van der Waals surface area contributed by atoms with E-state index in [9.17, 15) is 0 Å². The minimum atomic E-state index is 0.675. The largest absolute Gasteiger partial charge is 0.491 e. The van der Waals surface area contributed by atoms with Crippen molar-refractivity contribution < 1.29 is 4.74 Å². The lowest BCUT2D eigenvalue weighted by Crippen LogP contribution is -2.25. The van der Waals surface area contributed by atoms with Gasteiger partial charge in [-0.15, -0.1) is 0 Å². The molecule has 1 aliphatic rings. The molecule has 0 saturated heterocycles. The third-order valence-corrected chi connectivity index (χ3v) is 5.11. The number of hydrogen-bond donors (Lipinski definition) is 0. The molecular weight excluding hydrogens is 332 g/mol. The Balaban J connectivity index is 1.55. The minimum Gasteiger partial charge on any atom is -0.491 e. The molecule has 5 rings (SSSR count). The maximum atomic E-state index is 6.05. The molecular formula is C24H20N2O. The van der Waals surface area contributed by atoms with E-state index in [2.05, 4.69) is 76.6 Å². The van der Waals surface area contributed by atoms with Gasteiger partial charge in [-0.25, -0.2) is 0 Å². The summed E-state index contributed by atoms with van der Waals surface area (Å²) in [6.07, 6.45) is 1.89. The highest BCUT2D eigenvalue weighted by atomic mass is 16.5. The summed E-state index contributed by atoms with van der Waals surface area (Å²) in [5.41, 5.74) is 5.90. The van der Waals surface area contributed by atoms with Crippen LogP contribution in [-0.4, -0.2) is 18.1 Å². The molecule has 0 unspecified atom stereocenters. The predicted molar refractivity (Wildman–Crippen MR) is 110 cm³/mol. The van der Waals surface area contributed by atoms with Gasteiger partial charge in [-0.1, -0.05) is 54.6 Å². The normalized spacial score (nSPS) is 13.7. The molecule has 4 aromatic rings. The van der Waals surface area contributed by atoms with Crippen LogP contribution >= 0.6 is 0 Å². The number of ether oxygens (including phenoxy) is 1. The lowest BCUT2D eigenvalue weighted by Gasteiger charge is -2.23. The van der Waals surface area contributed by atoms with Crippen LogP contribution in [0, 0.1) is 0 Å². The summed E-state index contributed by atoms with van der Waals surface area (Å²) in [5, 5.41) is 1.18. The van der Waals surface area contributed by atoms with Crippen LogP contribution in [-0.2, 0) is 6.54 Å². The van der Waals surface area contributed by atoms with Crippen LogP contribution in [0.25, 0.3) is 22.0 Å². The van der Waals surface area contributed by atoms with Crippen LogP contribution in [0.4, 0.5) is 5.69 Å². The Bertz CT molecular complexity index is 1090. The summed E-state index contributed by atoms with van der Waals surface area (Å²) in [7, 11) is 0. The van der Waals surface area contributed by atoms with Crippen LogP contribution in [0.3, 0.4) is 0 Å². The summed E-state index contributed by atoms with van der Waals surface area (Å²) in [6, 6.07) is 27.4. The zero-order chi connectivity index (χ0) is 18.1. The Labute approximate surface area is 158 Å². The van der Waals surface area contributed by atoms with Gasteiger partial charge in [-0.2, -0.15) is 0 Å². The van der Waals surface area contributed by atoms with Crippen LogP contribution in [0.2, 0.25) is 0 Å². The molecule has 1 aromatic heterocycles. The Morgan fingerprint density at radius 1 is 0.815 bits per heavy atom. The van der Waals surface area contributed by atoms with E-state index in [0.29, 0.717) is 6.61 Å². The van der Waals surface area contributed by atoms with Crippen LogP contribution < -0.4 is 9.64 Å². The first-order valence-corrected chi connectivity index (χ1v) is 9.28. The standard InChI is InChI=1S/C24H20N2O/c1-2-6-18(7-3-1)19-10-11-24-20(16-19)17-26(14-15-27-24)23-12-13-25-22-9-5-4-8-21(22)23/h1-13,16H,14-15,17H2. The van der Waals surface area contributed by atoms with E-state index in [4.69, 9.17) is 4.74 Å². The Morgan fingerprint density at radius 2 is 1.67 bits per heavy atom. The number of nitrogens with zero attached hydrogens (tertiary/aromatic N) is 2. The lowest BCUT2D eigenvalue weighted by molar-refractivity contribution is 0.332. The van der Waals surface area contributed by atoms with Gasteiger partial charge in [0.25, 0.3) is 0 Å². The first-order chi connectivity index (χ1) is 13.4. The van der Waals surface area contributed by atoms with Gasteiger partial charge in [0.2, 0.25) is 0 Å². The molecule has 3 nitrogen and oxygen atoms in total. The minimum absolute atomic E-state index is 0.675. The molecule has 3 heteroatoms.